The van der Waals surface area contributed by atoms with E-state index in [2.05, 4.69) is 10.6 Å². The van der Waals surface area contributed by atoms with Crippen molar-refractivity contribution in [3.05, 3.63) is 35.9 Å². The van der Waals surface area contributed by atoms with Crippen LogP contribution in [0.15, 0.2) is 30.3 Å². The van der Waals surface area contributed by atoms with Crippen molar-refractivity contribution in [2.24, 2.45) is 23.7 Å². The van der Waals surface area contributed by atoms with E-state index in [0.717, 1.165) is 5.56 Å². The largest absolute Gasteiger partial charge is 0.480 e. The molecule has 61 heavy (non-hydrogen) atoms. The van der Waals surface area contributed by atoms with E-state index < -0.39 is 76.1 Å². The van der Waals surface area contributed by atoms with E-state index in [4.69, 9.17) is 9.47 Å². The van der Waals surface area contributed by atoms with Crippen LogP contribution in [0.25, 0.3) is 0 Å². The van der Waals surface area contributed by atoms with Gasteiger partial charge in [-0.2, -0.15) is 0 Å². The van der Waals surface area contributed by atoms with Crippen molar-refractivity contribution in [1.82, 2.24) is 25.3 Å². The van der Waals surface area contributed by atoms with Crippen LogP contribution < -0.4 is 10.6 Å². The van der Waals surface area contributed by atoms with Crippen LogP contribution >= 0.6 is 0 Å². The Bertz CT molecular complexity index is 1650. The Morgan fingerprint density at radius 1 is 0.902 bits per heavy atom. The fourth-order valence-electron chi connectivity index (χ4n) is 8.50. The molecule has 9 atom stereocenters. The first-order valence-electron chi connectivity index (χ1n) is 21.8. The number of carbonyl (C=O) groups is 6. The smallest absolute Gasteiger partial charge is 0.326 e. The summed E-state index contributed by atoms with van der Waals surface area (Å²) in [5, 5.41) is 15.5. The summed E-state index contributed by atoms with van der Waals surface area (Å²) in [6, 6.07) is 5.08. The highest BCUT2D eigenvalue weighted by atomic mass is 32.2. The average Bonchev–Trinajstić information content (AvgIpc) is 3.68. The summed E-state index contributed by atoms with van der Waals surface area (Å²) in [7, 11) is 3.94. The molecule has 0 bridgehead atoms. The van der Waals surface area contributed by atoms with E-state index in [-0.39, 0.29) is 54.7 Å². The molecule has 0 aromatic heterocycles. The number of likely N-dealkylation sites (tertiary alicyclic amines) is 1. The molecule has 3 N–H and O–H groups in total. The lowest BCUT2D eigenvalue weighted by molar-refractivity contribution is -0.149. The number of carboxylic acids is 1. The Labute approximate surface area is 365 Å². The van der Waals surface area contributed by atoms with Crippen molar-refractivity contribution < 1.29 is 47.6 Å². The van der Waals surface area contributed by atoms with E-state index in [1.807, 2.05) is 47.6 Å². The maximum Gasteiger partial charge on any atom is 0.326 e. The maximum atomic E-state index is 14.5. The fraction of sp³-hybridized carbons (Fsp3) is 0.733. The van der Waals surface area contributed by atoms with Crippen molar-refractivity contribution >= 4 is 45.4 Å². The lowest BCUT2D eigenvalue weighted by Gasteiger charge is -2.41. The van der Waals surface area contributed by atoms with Crippen LogP contribution in [0.1, 0.15) is 92.6 Å². The Hall–Kier alpha value is -3.89. The predicted molar refractivity (Wildman–Crippen MR) is 239 cm³/mol. The van der Waals surface area contributed by atoms with Crippen LogP contribution in [0, 0.1) is 23.7 Å². The van der Waals surface area contributed by atoms with Gasteiger partial charge in [-0.1, -0.05) is 85.2 Å². The van der Waals surface area contributed by atoms with Gasteiger partial charge in [0.25, 0.3) is 0 Å². The third kappa shape index (κ3) is 15.5. The molecule has 1 aromatic carbocycles. The summed E-state index contributed by atoms with van der Waals surface area (Å²) >= 11 is 0. The first-order valence-corrected chi connectivity index (χ1v) is 24.6. The van der Waals surface area contributed by atoms with Crippen molar-refractivity contribution in [2.75, 3.05) is 53.1 Å². The second kappa shape index (κ2) is 24.7. The first-order chi connectivity index (χ1) is 28.5. The zero-order valence-corrected chi connectivity index (χ0v) is 39.9. The minimum absolute atomic E-state index is 0.0681. The third-order valence-electron chi connectivity index (χ3n) is 12.2. The average molecular weight is 880 g/mol. The van der Waals surface area contributed by atoms with Crippen molar-refractivity contribution in [3.8, 4) is 0 Å². The molecule has 1 aromatic rings. The third-order valence-corrected chi connectivity index (χ3v) is 13.6. The first kappa shape index (κ1) is 53.2. The normalized spacial score (nSPS) is 18.6. The second-order valence-corrected chi connectivity index (χ2v) is 21.6. The van der Waals surface area contributed by atoms with Crippen LogP contribution in [0.5, 0.6) is 0 Å². The van der Waals surface area contributed by atoms with Gasteiger partial charge in [0.05, 0.1) is 36.6 Å². The number of carboxylic acid groups (broad SMARTS) is 1. The van der Waals surface area contributed by atoms with Gasteiger partial charge in [-0.15, -0.1) is 9.93 Å². The number of ether oxygens (including phenoxy) is 2. The molecular weight excluding hydrogens is 803 g/mol. The Morgan fingerprint density at radius 3 is 2.03 bits per heavy atom. The maximum absolute atomic E-state index is 14.5. The molecule has 1 aliphatic heterocycles. The molecule has 15 nitrogen and oxygen atoms in total. The number of benzene rings is 1. The Balaban J connectivity index is 2.28. The number of hydrogen-bond acceptors (Lipinski definition) is 9. The number of carbonyl (C=O) groups excluding carboxylic acids is 5. The van der Waals surface area contributed by atoms with E-state index >= 15 is 0 Å². The number of amides is 5. The summed E-state index contributed by atoms with van der Waals surface area (Å²) < 4.78 is 24.1. The molecule has 16 heteroatoms. The molecule has 348 valence electrons. The summed E-state index contributed by atoms with van der Waals surface area (Å²) in [5.74, 6) is -3.98. The highest BCUT2D eigenvalue weighted by molar-refractivity contribution is 8.01. The van der Waals surface area contributed by atoms with Crippen LogP contribution in [0.2, 0.25) is 0 Å². The highest BCUT2D eigenvalue weighted by Crippen LogP contribution is 2.30. The standard InChI is InChI=1S/C45H77N5O10S/c1-14-30(6)40(49(9)44(55)38(28(2)3)47-43(54)39(29(4)5)48(8)36(51)23-19-25-61(12,13)58)35(59-10)27-37(52)50-24-18-22-34(50)41(60-11)31(7)42(53)46-33(45(56)57)26-32-20-16-15-17-21-32/h15-17,20-21,28-31,33-35,38-41,61H,14,18-19,22-27H2,1-13H3,(H,46,53)(H,47,54)(H,56,57)/t30-,31+,33-,34-,35+,38-,39-,40-,41+/m0/s1. The van der Waals surface area contributed by atoms with Crippen LogP contribution in [0.3, 0.4) is 0 Å². The number of nitrogens with one attached hydrogen (secondary N) is 2. The number of likely N-dealkylation sites (N-methyl/N-ethyl adjacent to an activating group) is 2. The van der Waals surface area contributed by atoms with Gasteiger partial charge in [-0.25, -0.2) is 4.79 Å². The quantitative estimate of drug-likeness (QED) is 0.106. The monoisotopic (exact) mass is 880 g/mol. The molecule has 1 heterocycles. The van der Waals surface area contributed by atoms with Crippen LogP contribution in [-0.4, -0.2) is 155 Å². The molecule has 0 spiro atoms. The Kier molecular flexibility index (Phi) is 21.5. The van der Waals surface area contributed by atoms with Gasteiger partial charge >= 0.3 is 5.97 Å². The summed E-state index contributed by atoms with van der Waals surface area (Å²) in [4.78, 5) is 86.3. The van der Waals surface area contributed by atoms with Crippen LogP contribution in [-0.2, 0) is 54.6 Å². The second-order valence-electron chi connectivity index (χ2n) is 18.0. The number of rotatable bonds is 25. The van der Waals surface area contributed by atoms with E-state index in [9.17, 15) is 38.1 Å². The van der Waals surface area contributed by atoms with Gasteiger partial charge in [0, 0.05) is 53.5 Å². The van der Waals surface area contributed by atoms with E-state index in [0.29, 0.717) is 38.0 Å². The van der Waals surface area contributed by atoms with Gasteiger partial charge in [-0.05, 0) is 55.1 Å². The number of aliphatic carboxylic acids is 1. The number of nitrogens with zero attached hydrogens (tertiary/aromatic N) is 3. The van der Waals surface area contributed by atoms with Gasteiger partial charge in [0.1, 0.15) is 18.1 Å². The zero-order valence-electron chi connectivity index (χ0n) is 39.0. The van der Waals surface area contributed by atoms with Crippen LogP contribution in [0.4, 0.5) is 0 Å². The summed E-state index contributed by atoms with van der Waals surface area (Å²) in [6.45, 7) is 13.4. The van der Waals surface area contributed by atoms with E-state index in [1.165, 1.54) is 19.1 Å². The van der Waals surface area contributed by atoms with Gasteiger partial charge in [0.15, 0.2) is 0 Å². The molecular formula is C45H77N5O10S. The molecule has 1 fully saturated rings. The zero-order chi connectivity index (χ0) is 46.4. The van der Waals surface area contributed by atoms with Gasteiger partial charge in [0.2, 0.25) is 29.5 Å². The van der Waals surface area contributed by atoms with Crippen molar-refractivity contribution in [2.45, 2.75) is 136 Å². The molecule has 0 unspecified atom stereocenters. The molecule has 0 saturated carbocycles. The topological polar surface area (TPSA) is 192 Å². The molecule has 0 radical (unpaired) electrons. The minimum Gasteiger partial charge on any atom is -0.480 e. The minimum atomic E-state index is -2.29. The van der Waals surface area contributed by atoms with Gasteiger partial charge in [-0.3, -0.25) is 28.2 Å². The van der Waals surface area contributed by atoms with Crippen molar-refractivity contribution in [3.63, 3.8) is 0 Å². The summed E-state index contributed by atoms with van der Waals surface area (Å²) in [5.41, 5.74) is 0.768. The molecule has 5 amide bonds. The van der Waals surface area contributed by atoms with Gasteiger partial charge < -0.3 is 39.9 Å². The summed E-state index contributed by atoms with van der Waals surface area (Å²) in [6.07, 6.45) is 4.48. The number of hydrogen-bond donors (Lipinski definition) is 4. The predicted octanol–water partition coefficient (Wildman–Crippen LogP) is 3.40. The van der Waals surface area contributed by atoms with E-state index in [1.54, 1.807) is 67.6 Å². The highest BCUT2D eigenvalue weighted by Gasteiger charge is 2.43. The molecule has 1 aliphatic rings. The molecule has 0 aliphatic carbocycles. The lowest BCUT2D eigenvalue weighted by Crippen LogP contribution is -2.60. The lowest BCUT2D eigenvalue weighted by atomic mass is 9.89. The number of thiol groups is 1. The fourth-order valence-corrected chi connectivity index (χ4v) is 9.42. The Morgan fingerprint density at radius 2 is 1.52 bits per heavy atom. The number of methoxy groups -OCH3 is 2. The molecule has 1 saturated heterocycles. The SMILES string of the molecule is CC[C@H](C)[C@@H]([C@@H](CC(=O)N1CCC[C@H]1[C@H](OC)[C@@H](C)C(=O)N[C@@H](Cc1ccccc1)C(=O)O)OC)N(C)C(=O)[C@@H](NC(=O)[C@H](C(C)C)N(C)C(=O)CCC[SH](C)(C)=O)C(C)C. The molecule has 2 rings (SSSR count). The van der Waals surface area contributed by atoms with Crippen molar-refractivity contribution in [1.29, 1.82) is 0 Å².